The molecule has 1 heterocycles. The molecule has 0 amide bonds. The van der Waals surface area contributed by atoms with Gasteiger partial charge in [0.2, 0.25) is 0 Å². The number of nitrogens with zero attached hydrogens (tertiary/aromatic N) is 3. The first kappa shape index (κ1) is 14.1. The van der Waals surface area contributed by atoms with Gasteiger partial charge >= 0.3 is 5.97 Å². The van der Waals surface area contributed by atoms with Crippen molar-refractivity contribution in [1.82, 2.24) is 9.88 Å². The topological polar surface area (TPSA) is 77.2 Å². The Morgan fingerprint density at radius 1 is 1.61 bits per heavy atom. The van der Waals surface area contributed by atoms with E-state index in [-0.39, 0.29) is 0 Å². The highest BCUT2D eigenvalue weighted by Crippen LogP contribution is 2.19. The number of nitriles is 1. The Morgan fingerprint density at radius 3 is 2.78 bits per heavy atom. The number of aliphatic carboxylic acids is 1. The van der Waals surface area contributed by atoms with Gasteiger partial charge in [-0.1, -0.05) is 13.0 Å². The fourth-order valence-corrected chi connectivity index (χ4v) is 1.71. The lowest BCUT2D eigenvalue weighted by Crippen LogP contribution is -2.49. The number of hydrogen-bond donors (Lipinski definition) is 1. The summed E-state index contributed by atoms with van der Waals surface area (Å²) in [6.45, 7) is 6.18. The highest BCUT2D eigenvalue weighted by molar-refractivity contribution is 5.77. The molecule has 5 heteroatoms. The van der Waals surface area contributed by atoms with Crippen LogP contribution in [0, 0.1) is 11.3 Å². The minimum Gasteiger partial charge on any atom is -0.480 e. The number of rotatable bonds is 5. The van der Waals surface area contributed by atoms with E-state index in [1.54, 1.807) is 37.1 Å². The number of carboxylic acids is 1. The van der Waals surface area contributed by atoms with E-state index in [0.717, 1.165) is 5.56 Å². The third-order valence-electron chi connectivity index (χ3n) is 3.05. The molecule has 0 aliphatic carbocycles. The lowest BCUT2D eigenvalue weighted by molar-refractivity contribution is -0.149. The maximum atomic E-state index is 11.2. The molecule has 1 rings (SSSR count). The van der Waals surface area contributed by atoms with Gasteiger partial charge in [0.05, 0.1) is 0 Å². The normalized spacial score (nSPS) is 11.3. The Hall–Kier alpha value is -1.93. The Labute approximate surface area is 107 Å². The van der Waals surface area contributed by atoms with Crippen molar-refractivity contribution < 1.29 is 9.90 Å². The zero-order valence-corrected chi connectivity index (χ0v) is 10.8. The molecular weight excluding hydrogens is 230 g/mol. The number of aromatic nitrogens is 1. The number of carbonyl (C=O) groups is 1. The van der Waals surface area contributed by atoms with Crippen molar-refractivity contribution in [3.63, 3.8) is 0 Å². The Bertz CT molecular complexity index is 477. The van der Waals surface area contributed by atoms with Crippen molar-refractivity contribution in [2.75, 3.05) is 6.54 Å². The van der Waals surface area contributed by atoms with Crippen molar-refractivity contribution in [3.8, 4) is 6.07 Å². The first-order valence-electron chi connectivity index (χ1n) is 5.76. The fraction of sp³-hybridized carbons (Fsp3) is 0.462. The van der Waals surface area contributed by atoms with E-state index < -0.39 is 11.5 Å². The number of pyridine rings is 1. The Morgan fingerprint density at radius 2 is 2.28 bits per heavy atom. The molecule has 0 spiro atoms. The molecular formula is C13H17N3O2. The van der Waals surface area contributed by atoms with Crippen LogP contribution in [0.5, 0.6) is 0 Å². The molecule has 0 unspecified atom stereocenters. The summed E-state index contributed by atoms with van der Waals surface area (Å²) < 4.78 is 0. The fourth-order valence-electron chi connectivity index (χ4n) is 1.71. The van der Waals surface area contributed by atoms with Crippen LogP contribution in [0.15, 0.2) is 18.3 Å². The van der Waals surface area contributed by atoms with E-state index in [0.29, 0.717) is 18.8 Å². The minimum absolute atomic E-state index is 0.345. The SMILES string of the molecule is CCN(Cc1cccnc1C#N)C(C)(C)C(=O)O. The van der Waals surface area contributed by atoms with Crippen molar-refractivity contribution in [1.29, 1.82) is 5.26 Å². The van der Waals surface area contributed by atoms with Gasteiger partial charge < -0.3 is 5.11 Å². The summed E-state index contributed by atoms with van der Waals surface area (Å²) in [5, 5.41) is 18.2. The van der Waals surface area contributed by atoms with Crippen LogP contribution in [0.1, 0.15) is 32.0 Å². The molecule has 96 valence electrons. The predicted molar refractivity (Wildman–Crippen MR) is 66.8 cm³/mol. The molecule has 0 aromatic carbocycles. The first-order valence-corrected chi connectivity index (χ1v) is 5.76. The minimum atomic E-state index is -0.975. The van der Waals surface area contributed by atoms with Crippen molar-refractivity contribution >= 4 is 5.97 Å². The number of carboxylic acid groups (broad SMARTS) is 1. The lowest BCUT2D eigenvalue weighted by atomic mass is 10.0. The number of likely N-dealkylation sites (N-methyl/N-ethyl adjacent to an activating group) is 1. The highest BCUT2D eigenvalue weighted by atomic mass is 16.4. The van der Waals surface area contributed by atoms with Gasteiger partial charge in [0, 0.05) is 18.3 Å². The van der Waals surface area contributed by atoms with Gasteiger partial charge in [-0.15, -0.1) is 0 Å². The predicted octanol–water partition coefficient (Wildman–Crippen LogP) is 1.64. The van der Waals surface area contributed by atoms with E-state index in [1.807, 2.05) is 13.0 Å². The summed E-state index contributed by atoms with van der Waals surface area (Å²) in [6, 6.07) is 5.57. The smallest absolute Gasteiger partial charge is 0.323 e. The van der Waals surface area contributed by atoms with Crippen LogP contribution in [0.2, 0.25) is 0 Å². The van der Waals surface area contributed by atoms with Crippen molar-refractivity contribution in [2.45, 2.75) is 32.9 Å². The van der Waals surface area contributed by atoms with E-state index in [1.165, 1.54) is 0 Å². The van der Waals surface area contributed by atoms with Crippen molar-refractivity contribution in [3.05, 3.63) is 29.6 Å². The Balaban J connectivity index is 3.01. The first-order chi connectivity index (χ1) is 8.43. The largest absolute Gasteiger partial charge is 0.480 e. The summed E-state index contributed by atoms with van der Waals surface area (Å²) in [5.41, 5.74) is 0.116. The molecule has 0 atom stereocenters. The monoisotopic (exact) mass is 247 g/mol. The van der Waals surface area contributed by atoms with Gasteiger partial charge in [0.1, 0.15) is 17.3 Å². The van der Waals surface area contributed by atoms with Crippen LogP contribution in [-0.2, 0) is 11.3 Å². The second-order valence-corrected chi connectivity index (χ2v) is 4.50. The summed E-state index contributed by atoms with van der Waals surface area (Å²) in [5.74, 6) is -0.883. The van der Waals surface area contributed by atoms with Crippen LogP contribution in [0.25, 0.3) is 0 Å². The van der Waals surface area contributed by atoms with Crippen LogP contribution in [-0.4, -0.2) is 33.0 Å². The maximum absolute atomic E-state index is 11.2. The zero-order valence-electron chi connectivity index (χ0n) is 10.8. The number of hydrogen-bond acceptors (Lipinski definition) is 4. The van der Waals surface area contributed by atoms with Crippen LogP contribution >= 0.6 is 0 Å². The molecule has 1 N–H and O–H groups in total. The molecule has 1 aromatic heterocycles. The van der Waals surface area contributed by atoms with Crippen LogP contribution < -0.4 is 0 Å². The molecule has 0 saturated carbocycles. The maximum Gasteiger partial charge on any atom is 0.323 e. The molecule has 0 fully saturated rings. The summed E-state index contributed by atoms with van der Waals surface area (Å²) in [4.78, 5) is 17.0. The van der Waals surface area contributed by atoms with Gasteiger partial charge in [-0.3, -0.25) is 9.69 Å². The zero-order chi connectivity index (χ0) is 13.8. The molecule has 0 aliphatic rings. The summed E-state index contributed by atoms with van der Waals surface area (Å²) >= 11 is 0. The third kappa shape index (κ3) is 2.84. The summed E-state index contributed by atoms with van der Waals surface area (Å²) in [6.07, 6.45) is 1.56. The van der Waals surface area contributed by atoms with Crippen molar-refractivity contribution in [2.24, 2.45) is 0 Å². The average Bonchev–Trinajstić information content (AvgIpc) is 2.35. The van der Waals surface area contributed by atoms with E-state index in [9.17, 15) is 9.90 Å². The second-order valence-electron chi connectivity index (χ2n) is 4.50. The molecule has 0 aliphatic heterocycles. The van der Waals surface area contributed by atoms with Gasteiger partial charge in [0.25, 0.3) is 0 Å². The van der Waals surface area contributed by atoms with Gasteiger partial charge in [-0.25, -0.2) is 4.98 Å². The molecule has 18 heavy (non-hydrogen) atoms. The van der Waals surface area contributed by atoms with Gasteiger partial charge in [-0.2, -0.15) is 5.26 Å². The Kier molecular flexibility index (Phi) is 4.40. The second kappa shape index (κ2) is 5.61. The standard InChI is InChI=1S/C13H17N3O2/c1-4-16(13(2,3)12(17)18)9-10-6-5-7-15-11(10)8-14/h5-7H,4,9H2,1-3H3,(H,17,18). The molecule has 5 nitrogen and oxygen atoms in total. The molecule has 0 saturated heterocycles. The van der Waals surface area contributed by atoms with Crippen LogP contribution in [0.3, 0.4) is 0 Å². The lowest BCUT2D eigenvalue weighted by Gasteiger charge is -2.34. The quantitative estimate of drug-likeness (QED) is 0.855. The highest BCUT2D eigenvalue weighted by Gasteiger charge is 2.33. The van der Waals surface area contributed by atoms with Gasteiger partial charge in [0.15, 0.2) is 0 Å². The van der Waals surface area contributed by atoms with E-state index in [4.69, 9.17) is 5.26 Å². The van der Waals surface area contributed by atoms with Crippen LogP contribution in [0.4, 0.5) is 0 Å². The third-order valence-corrected chi connectivity index (χ3v) is 3.05. The van der Waals surface area contributed by atoms with E-state index >= 15 is 0 Å². The molecule has 1 aromatic rings. The molecule has 0 radical (unpaired) electrons. The van der Waals surface area contributed by atoms with E-state index in [2.05, 4.69) is 4.98 Å². The molecule has 0 bridgehead atoms. The van der Waals surface area contributed by atoms with Gasteiger partial charge in [-0.05, 0) is 26.5 Å². The average molecular weight is 247 g/mol. The summed E-state index contributed by atoms with van der Waals surface area (Å²) in [7, 11) is 0.